The van der Waals surface area contributed by atoms with Crippen LogP contribution in [0, 0.1) is 13.8 Å². The standard InChI is InChI=1S/C23H23NO2S2/c1-15-5-6-16(2)18(14-15)19(25)7-8-22(26)24-11-9-20-17(10-13-28-20)23(24)21-4-3-12-27-21/h3-6,10,12-14,23H,7-9,11H2,1-2H3/t23-/m1/s1. The molecule has 28 heavy (non-hydrogen) atoms. The maximum Gasteiger partial charge on any atom is 0.223 e. The van der Waals surface area contributed by atoms with Crippen LogP contribution in [0.4, 0.5) is 0 Å². The van der Waals surface area contributed by atoms with Crippen LogP contribution in [-0.2, 0) is 11.2 Å². The maximum atomic E-state index is 13.1. The summed E-state index contributed by atoms with van der Waals surface area (Å²) in [6, 6.07) is 12.2. The van der Waals surface area contributed by atoms with E-state index in [1.807, 2.05) is 43.0 Å². The number of thiophene rings is 2. The third-order valence-corrected chi connectivity index (χ3v) is 7.28. The number of aryl methyl sites for hydroxylation is 2. The van der Waals surface area contributed by atoms with Gasteiger partial charge in [-0.2, -0.15) is 0 Å². The van der Waals surface area contributed by atoms with E-state index in [-0.39, 0.29) is 30.6 Å². The molecule has 0 unspecified atom stereocenters. The average molecular weight is 410 g/mol. The third kappa shape index (κ3) is 3.69. The van der Waals surface area contributed by atoms with Gasteiger partial charge in [-0.05, 0) is 60.4 Å². The zero-order chi connectivity index (χ0) is 19.7. The number of Topliss-reactive ketones (excluding diaryl/α,β-unsaturated/α-hetero) is 1. The van der Waals surface area contributed by atoms with Crippen molar-refractivity contribution < 1.29 is 9.59 Å². The summed E-state index contributed by atoms with van der Waals surface area (Å²) >= 11 is 3.46. The van der Waals surface area contributed by atoms with Crippen molar-refractivity contribution in [1.29, 1.82) is 0 Å². The fourth-order valence-electron chi connectivity index (χ4n) is 3.87. The molecule has 0 radical (unpaired) electrons. The van der Waals surface area contributed by atoms with Crippen LogP contribution in [0.3, 0.4) is 0 Å². The number of amides is 1. The highest BCUT2D eigenvalue weighted by Gasteiger charge is 2.33. The number of fused-ring (bicyclic) bond motifs is 1. The number of benzene rings is 1. The Hall–Kier alpha value is -2.24. The molecule has 1 aliphatic heterocycles. The third-order valence-electron chi connectivity index (χ3n) is 5.36. The molecule has 0 saturated carbocycles. The van der Waals surface area contributed by atoms with E-state index < -0.39 is 0 Å². The fraction of sp³-hybridized carbons (Fsp3) is 0.304. The van der Waals surface area contributed by atoms with Gasteiger partial charge in [0, 0.05) is 34.7 Å². The molecule has 144 valence electrons. The molecular formula is C23H23NO2S2. The van der Waals surface area contributed by atoms with Crippen LogP contribution in [0.15, 0.2) is 47.2 Å². The van der Waals surface area contributed by atoms with E-state index in [0.29, 0.717) is 6.54 Å². The molecule has 0 saturated heterocycles. The van der Waals surface area contributed by atoms with Crippen LogP contribution >= 0.6 is 22.7 Å². The van der Waals surface area contributed by atoms with Crippen molar-refractivity contribution in [3.8, 4) is 0 Å². The van der Waals surface area contributed by atoms with Crippen LogP contribution < -0.4 is 0 Å². The zero-order valence-electron chi connectivity index (χ0n) is 16.1. The SMILES string of the molecule is Cc1ccc(C)c(C(=O)CCC(=O)N2CCc3sccc3[C@@H]2c2cccs2)c1. The van der Waals surface area contributed by atoms with Gasteiger partial charge in [0.1, 0.15) is 0 Å². The van der Waals surface area contributed by atoms with E-state index in [0.717, 1.165) is 23.1 Å². The van der Waals surface area contributed by atoms with Crippen molar-refractivity contribution in [3.63, 3.8) is 0 Å². The Morgan fingerprint density at radius 1 is 1.07 bits per heavy atom. The predicted molar refractivity (Wildman–Crippen MR) is 115 cm³/mol. The Morgan fingerprint density at radius 2 is 1.93 bits per heavy atom. The molecule has 2 aromatic heterocycles. The minimum atomic E-state index is -0.0155. The smallest absolute Gasteiger partial charge is 0.223 e. The predicted octanol–water partition coefficient (Wildman–Crippen LogP) is 5.56. The van der Waals surface area contributed by atoms with Gasteiger partial charge in [0.2, 0.25) is 5.91 Å². The number of hydrogen-bond donors (Lipinski definition) is 0. The second kappa shape index (κ2) is 8.02. The molecular weight excluding hydrogens is 386 g/mol. The van der Waals surface area contributed by atoms with E-state index >= 15 is 0 Å². The normalized spacial score (nSPS) is 16.1. The van der Waals surface area contributed by atoms with E-state index in [1.165, 1.54) is 15.3 Å². The Kier molecular flexibility index (Phi) is 5.47. The first kappa shape index (κ1) is 19.1. The van der Waals surface area contributed by atoms with Crippen LogP contribution in [0.1, 0.15) is 55.7 Å². The molecule has 1 aliphatic rings. The van der Waals surface area contributed by atoms with E-state index in [1.54, 1.807) is 22.7 Å². The van der Waals surface area contributed by atoms with Gasteiger partial charge in [0.15, 0.2) is 5.78 Å². The first-order valence-electron chi connectivity index (χ1n) is 9.54. The summed E-state index contributed by atoms with van der Waals surface area (Å²) in [5.74, 6) is 0.115. The lowest BCUT2D eigenvalue weighted by molar-refractivity contribution is -0.133. The fourth-order valence-corrected chi connectivity index (χ4v) is 5.63. The van der Waals surface area contributed by atoms with Crippen LogP contribution in [-0.4, -0.2) is 23.1 Å². The van der Waals surface area contributed by atoms with Crippen LogP contribution in [0.5, 0.6) is 0 Å². The number of rotatable bonds is 5. The summed E-state index contributed by atoms with van der Waals surface area (Å²) < 4.78 is 0. The van der Waals surface area contributed by atoms with Crippen molar-refractivity contribution in [1.82, 2.24) is 4.90 Å². The Balaban J connectivity index is 1.51. The highest BCUT2D eigenvalue weighted by Crippen LogP contribution is 2.39. The van der Waals surface area contributed by atoms with Gasteiger partial charge in [-0.1, -0.05) is 23.8 Å². The Bertz CT molecular complexity index is 1000. The largest absolute Gasteiger partial charge is 0.330 e. The summed E-state index contributed by atoms with van der Waals surface area (Å²) in [7, 11) is 0. The molecule has 1 aromatic carbocycles. The average Bonchev–Trinajstić information content (AvgIpc) is 3.38. The van der Waals surface area contributed by atoms with Gasteiger partial charge in [0.05, 0.1) is 6.04 Å². The van der Waals surface area contributed by atoms with Gasteiger partial charge in [-0.15, -0.1) is 22.7 Å². The van der Waals surface area contributed by atoms with Crippen LogP contribution in [0.2, 0.25) is 0 Å². The van der Waals surface area contributed by atoms with E-state index in [2.05, 4.69) is 22.9 Å². The summed E-state index contributed by atoms with van der Waals surface area (Å²) in [6.45, 7) is 4.65. The second-order valence-electron chi connectivity index (χ2n) is 7.30. The molecule has 0 aliphatic carbocycles. The molecule has 1 amide bonds. The molecule has 4 rings (SSSR count). The molecule has 3 aromatic rings. The quantitative estimate of drug-likeness (QED) is 0.517. The minimum Gasteiger partial charge on any atom is -0.330 e. The van der Waals surface area contributed by atoms with Gasteiger partial charge in [0.25, 0.3) is 0 Å². The highest BCUT2D eigenvalue weighted by molar-refractivity contribution is 7.10. The summed E-state index contributed by atoms with van der Waals surface area (Å²) in [6.07, 6.45) is 1.41. The first-order valence-corrected chi connectivity index (χ1v) is 11.3. The molecule has 3 nitrogen and oxygen atoms in total. The number of hydrogen-bond acceptors (Lipinski definition) is 4. The summed E-state index contributed by atoms with van der Waals surface area (Å²) in [4.78, 5) is 30.3. The molecule has 0 bridgehead atoms. The number of carbonyl (C=O) groups excluding carboxylic acids is 2. The molecule has 1 atom stereocenters. The van der Waals surface area contributed by atoms with Crippen molar-refractivity contribution >= 4 is 34.4 Å². The lowest BCUT2D eigenvalue weighted by Crippen LogP contribution is -2.39. The van der Waals surface area contributed by atoms with Gasteiger partial charge >= 0.3 is 0 Å². The summed E-state index contributed by atoms with van der Waals surface area (Å²) in [5, 5.41) is 4.17. The Morgan fingerprint density at radius 3 is 2.71 bits per heavy atom. The molecule has 3 heterocycles. The van der Waals surface area contributed by atoms with Crippen molar-refractivity contribution in [2.45, 2.75) is 39.2 Å². The monoisotopic (exact) mass is 409 g/mol. The molecule has 0 N–H and O–H groups in total. The zero-order valence-corrected chi connectivity index (χ0v) is 17.7. The second-order valence-corrected chi connectivity index (χ2v) is 9.28. The van der Waals surface area contributed by atoms with Crippen molar-refractivity contribution in [3.05, 3.63) is 79.2 Å². The summed E-state index contributed by atoms with van der Waals surface area (Å²) in [5.41, 5.74) is 4.02. The van der Waals surface area contributed by atoms with Gasteiger partial charge in [-0.25, -0.2) is 0 Å². The van der Waals surface area contributed by atoms with Crippen LogP contribution in [0.25, 0.3) is 0 Å². The Labute approximate surface area is 173 Å². The minimum absolute atomic E-state index is 0.0155. The highest BCUT2D eigenvalue weighted by atomic mass is 32.1. The van der Waals surface area contributed by atoms with Gasteiger partial charge < -0.3 is 4.90 Å². The maximum absolute atomic E-state index is 13.1. The van der Waals surface area contributed by atoms with Crippen molar-refractivity contribution in [2.75, 3.05) is 6.54 Å². The van der Waals surface area contributed by atoms with Crippen molar-refractivity contribution in [2.24, 2.45) is 0 Å². The lowest BCUT2D eigenvalue weighted by atomic mass is 9.96. The molecule has 0 spiro atoms. The lowest BCUT2D eigenvalue weighted by Gasteiger charge is -2.35. The van der Waals surface area contributed by atoms with E-state index in [9.17, 15) is 9.59 Å². The number of nitrogens with zero attached hydrogens (tertiary/aromatic N) is 1. The van der Waals surface area contributed by atoms with Gasteiger partial charge in [-0.3, -0.25) is 9.59 Å². The molecule has 0 fully saturated rings. The molecule has 5 heteroatoms. The van der Waals surface area contributed by atoms with E-state index in [4.69, 9.17) is 0 Å². The first-order chi connectivity index (χ1) is 13.5. The topological polar surface area (TPSA) is 37.4 Å². The number of ketones is 1. The number of carbonyl (C=O) groups is 2.